The highest BCUT2D eigenvalue weighted by molar-refractivity contribution is 6.06. The van der Waals surface area contributed by atoms with E-state index in [2.05, 4.69) is 10.1 Å². The van der Waals surface area contributed by atoms with E-state index in [1.807, 2.05) is 55.7 Å². The van der Waals surface area contributed by atoms with Crippen molar-refractivity contribution in [3.8, 4) is 11.1 Å². The van der Waals surface area contributed by atoms with Crippen LogP contribution in [0.15, 0.2) is 60.7 Å². The van der Waals surface area contributed by atoms with Crippen LogP contribution in [0.1, 0.15) is 61.3 Å². The molecule has 0 aliphatic carbocycles. The van der Waals surface area contributed by atoms with Gasteiger partial charge in [-0.15, -0.1) is 0 Å². The van der Waals surface area contributed by atoms with E-state index in [0.717, 1.165) is 16.7 Å². The zero-order valence-electron chi connectivity index (χ0n) is 22.1. The maximum atomic E-state index is 13.8. The van der Waals surface area contributed by atoms with E-state index in [9.17, 15) is 24.2 Å². The van der Waals surface area contributed by atoms with Crippen molar-refractivity contribution in [1.29, 1.82) is 0 Å². The Bertz CT molecular complexity index is 1270. The summed E-state index contributed by atoms with van der Waals surface area (Å²) in [6.45, 7) is 6.37. The molecule has 202 valence electrons. The predicted octanol–water partition coefficient (Wildman–Crippen LogP) is 5.38. The highest BCUT2D eigenvalue weighted by Gasteiger charge is 2.28. The van der Waals surface area contributed by atoms with Crippen molar-refractivity contribution in [1.82, 2.24) is 4.57 Å². The molecule has 0 unspecified atom stereocenters. The first-order valence-electron chi connectivity index (χ1n) is 12.7. The largest absolute Gasteiger partial charge is 0.469 e. The number of hydrogen-bond acceptors (Lipinski definition) is 5. The van der Waals surface area contributed by atoms with E-state index in [0.29, 0.717) is 23.6 Å². The molecule has 38 heavy (non-hydrogen) atoms. The number of anilines is 1. The number of aromatic nitrogens is 1. The maximum absolute atomic E-state index is 13.8. The molecule has 1 heterocycles. The predicted molar refractivity (Wildman–Crippen MR) is 146 cm³/mol. The average Bonchev–Trinajstić information content (AvgIpc) is 3.23. The lowest BCUT2D eigenvalue weighted by molar-refractivity contribution is -0.143. The summed E-state index contributed by atoms with van der Waals surface area (Å²) >= 11 is 0. The van der Waals surface area contributed by atoms with Crippen molar-refractivity contribution >= 4 is 23.6 Å². The number of nitrogens with one attached hydrogen (secondary N) is 1. The second kappa shape index (κ2) is 13.2. The molecule has 0 fully saturated rings. The molecule has 7 nitrogen and oxygen atoms in total. The third-order valence-electron chi connectivity index (χ3n) is 6.23. The number of esters is 1. The minimum atomic E-state index is -1.07. The molecule has 3 aromatic rings. The molecule has 8 heteroatoms. The van der Waals surface area contributed by atoms with Crippen LogP contribution < -0.4 is 5.32 Å². The Morgan fingerprint density at radius 1 is 1.08 bits per heavy atom. The molecule has 0 spiro atoms. The third-order valence-corrected chi connectivity index (χ3v) is 6.23. The van der Waals surface area contributed by atoms with Gasteiger partial charge in [-0.3, -0.25) is 9.59 Å². The molecule has 2 atom stereocenters. The lowest BCUT2D eigenvalue weighted by Crippen LogP contribution is -2.20. The van der Waals surface area contributed by atoms with Crippen LogP contribution in [0, 0.1) is 5.82 Å². The fraction of sp³-hybridized carbons (Fsp3) is 0.333. The van der Waals surface area contributed by atoms with Gasteiger partial charge in [0.15, 0.2) is 0 Å². The first-order chi connectivity index (χ1) is 18.2. The first-order valence-corrected chi connectivity index (χ1v) is 12.7. The molecule has 3 rings (SSSR count). The lowest BCUT2D eigenvalue weighted by atomic mass is 9.92. The summed E-state index contributed by atoms with van der Waals surface area (Å²) in [7, 11) is 1.24. The Labute approximate surface area is 222 Å². The highest BCUT2D eigenvalue weighted by atomic mass is 19.1. The molecule has 1 amide bonds. The van der Waals surface area contributed by atoms with Gasteiger partial charge in [-0.25, -0.2) is 4.39 Å². The number of aliphatic hydroxyl groups excluding tert-OH is 2. The Hall–Kier alpha value is -3.75. The number of halogens is 1. The number of benzene rings is 2. The summed E-state index contributed by atoms with van der Waals surface area (Å²) in [6.07, 6.45) is 0.813. The van der Waals surface area contributed by atoms with Crippen molar-refractivity contribution < 1.29 is 28.9 Å². The van der Waals surface area contributed by atoms with Crippen LogP contribution in [0.4, 0.5) is 10.1 Å². The van der Waals surface area contributed by atoms with Crippen molar-refractivity contribution in [2.75, 3.05) is 12.4 Å². The fourth-order valence-corrected chi connectivity index (χ4v) is 4.52. The van der Waals surface area contributed by atoms with E-state index in [1.54, 1.807) is 18.2 Å². The van der Waals surface area contributed by atoms with Crippen LogP contribution in [0.5, 0.6) is 0 Å². The number of carbonyl (C=O) groups excluding carboxylic acids is 2. The fourth-order valence-electron chi connectivity index (χ4n) is 4.52. The summed E-state index contributed by atoms with van der Waals surface area (Å²) in [4.78, 5) is 25.1. The van der Waals surface area contributed by atoms with Gasteiger partial charge >= 0.3 is 5.97 Å². The minimum absolute atomic E-state index is 0.0571. The molecule has 0 aliphatic rings. The molecule has 3 N–H and O–H groups in total. The van der Waals surface area contributed by atoms with E-state index in [1.165, 1.54) is 25.3 Å². The van der Waals surface area contributed by atoms with Gasteiger partial charge in [0.25, 0.3) is 5.91 Å². The quantitative estimate of drug-likeness (QED) is 0.294. The van der Waals surface area contributed by atoms with E-state index in [4.69, 9.17) is 0 Å². The molecule has 0 saturated heterocycles. The number of carbonyl (C=O) groups is 2. The Balaban J connectivity index is 2.11. The molecule has 0 bridgehead atoms. The molecule has 2 aromatic carbocycles. The van der Waals surface area contributed by atoms with Crippen molar-refractivity contribution in [2.24, 2.45) is 0 Å². The van der Waals surface area contributed by atoms with Gasteiger partial charge in [0.1, 0.15) is 11.5 Å². The number of methoxy groups -OCH3 is 1. The minimum Gasteiger partial charge on any atom is -0.469 e. The van der Waals surface area contributed by atoms with Gasteiger partial charge in [0.05, 0.1) is 25.7 Å². The lowest BCUT2D eigenvalue weighted by Gasteiger charge is -2.14. The number of amides is 1. The van der Waals surface area contributed by atoms with E-state index in [-0.39, 0.29) is 30.5 Å². The number of rotatable bonds is 11. The molecule has 0 radical (unpaired) electrons. The number of hydrogen-bond donors (Lipinski definition) is 3. The Kier molecular flexibility index (Phi) is 9.98. The van der Waals surface area contributed by atoms with Crippen molar-refractivity contribution in [3.05, 3.63) is 83.4 Å². The summed E-state index contributed by atoms with van der Waals surface area (Å²) in [5, 5.41) is 23.7. The normalized spacial score (nSPS) is 13.1. The van der Waals surface area contributed by atoms with Crippen LogP contribution in [-0.2, 0) is 16.1 Å². The summed E-state index contributed by atoms with van der Waals surface area (Å²) in [5.41, 5.74) is 4.10. The average molecular weight is 523 g/mol. The second-order valence-electron chi connectivity index (χ2n) is 9.34. The van der Waals surface area contributed by atoms with Crippen molar-refractivity contribution in [2.45, 2.75) is 58.3 Å². The summed E-state index contributed by atoms with van der Waals surface area (Å²) < 4.78 is 20.2. The van der Waals surface area contributed by atoms with Crippen LogP contribution in [0.25, 0.3) is 17.2 Å². The molecule has 1 aromatic heterocycles. The van der Waals surface area contributed by atoms with Crippen LogP contribution >= 0.6 is 0 Å². The monoisotopic (exact) mass is 522 g/mol. The van der Waals surface area contributed by atoms with Gasteiger partial charge in [-0.2, -0.15) is 0 Å². The van der Waals surface area contributed by atoms with Gasteiger partial charge < -0.3 is 24.8 Å². The molecular formula is C30H35FN2O5. The van der Waals surface area contributed by atoms with Crippen LogP contribution in [-0.4, -0.2) is 46.0 Å². The highest BCUT2D eigenvalue weighted by Crippen LogP contribution is 2.39. The Morgan fingerprint density at radius 2 is 1.74 bits per heavy atom. The van der Waals surface area contributed by atoms with Crippen LogP contribution in [0.2, 0.25) is 0 Å². The SMILES string of the molecule is CCn1c(C=C[C@@H](O)C[C@@H](O)CC(=O)OC)c(-c2ccc(F)cc2)c(C(C)C)c1C(=O)Nc1ccccc1. The van der Waals surface area contributed by atoms with E-state index < -0.39 is 18.2 Å². The smallest absolute Gasteiger partial charge is 0.308 e. The van der Waals surface area contributed by atoms with Crippen LogP contribution in [0.3, 0.4) is 0 Å². The zero-order chi connectivity index (χ0) is 27.8. The Morgan fingerprint density at radius 3 is 2.32 bits per heavy atom. The number of ether oxygens (including phenoxy) is 1. The first kappa shape index (κ1) is 28.8. The van der Waals surface area contributed by atoms with Gasteiger partial charge in [-0.1, -0.05) is 50.3 Å². The third kappa shape index (κ3) is 6.96. The summed E-state index contributed by atoms with van der Waals surface area (Å²) in [6, 6.07) is 15.3. The topological polar surface area (TPSA) is 101 Å². The number of aliphatic hydroxyl groups is 2. The standard InChI is InChI=1S/C30H35FN2O5/c1-5-33-25(16-15-23(34)17-24(35)18-26(36)38-4)28(20-11-13-21(31)14-12-20)27(19(2)3)29(33)30(37)32-22-9-7-6-8-10-22/h6-16,19,23-24,34-35H,5,17-18H2,1-4H3,(H,32,37)/t23-,24-/m1/s1. The molecule has 0 saturated carbocycles. The van der Waals surface area contributed by atoms with Gasteiger partial charge in [0.2, 0.25) is 0 Å². The maximum Gasteiger partial charge on any atom is 0.308 e. The van der Waals surface area contributed by atoms with Crippen molar-refractivity contribution in [3.63, 3.8) is 0 Å². The number of nitrogens with zero attached hydrogens (tertiary/aromatic N) is 1. The second-order valence-corrected chi connectivity index (χ2v) is 9.34. The summed E-state index contributed by atoms with van der Waals surface area (Å²) in [5.74, 6) is -1.27. The zero-order valence-corrected chi connectivity index (χ0v) is 22.1. The molecule has 0 aliphatic heterocycles. The van der Waals surface area contributed by atoms with E-state index >= 15 is 0 Å². The molecular weight excluding hydrogens is 487 g/mol. The van der Waals surface area contributed by atoms with Gasteiger partial charge in [-0.05, 0) is 54.3 Å². The number of para-hydroxylation sites is 1. The van der Waals surface area contributed by atoms with Gasteiger partial charge in [0, 0.05) is 29.9 Å².